The Balaban J connectivity index is 0.000000152. The molecule has 0 aromatic carbocycles. The molecule has 0 bridgehead atoms. The van der Waals surface area contributed by atoms with Crippen molar-refractivity contribution in [1.82, 2.24) is 19.9 Å². The number of carbonyl (C=O) groups is 2. The van der Waals surface area contributed by atoms with Gasteiger partial charge in [-0.05, 0) is 34.9 Å². The van der Waals surface area contributed by atoms with Gasteiger partial charge in [0.05, 0.1) is 22.1 Å². The van der Waals surface area contributed by atoms with Crippen molar-refractivity contribution in [3.63, 3.8) is 0 Å². The van der Waals surface area contributed by atoms with Gasteiger partial charge < -0.3 is 15.1 Å². The second kappa shape index (κ2) is 7.16. The molecule has 4 aromatic heterocycles. The Morgan fingerprint density at radius 3 is 2.08 bits per heavy atom. The van der Waals surface area contributed by atoms with Crippen LogP contribution in [0.5, 0.6) is 0 Å². The van der Waals surface area contributed by atoms with Gasteiger partial charge in [-0.3, -0.25) is 14.8 Å². The van der Waals surface area contributed by atoms with Gasteiger partial charge in [0.2, 0.25) is 0 Å². The number of fused-ring (bicyclic) bond motifs is 2. The first kappa shape index (κ1) is 16.7. The van der Waals surface area contributed by atoms with E-state index in [0.29, 0.717) is 16.6 Å². The van der Waals surface area contributed by atoms with Crippen molar-refractivity contribution in [2.75, 3.05) is 0 Å². The number of nitrogens with zero attached hydrogens (tertiary/aromatic N) is 5. The van der Waals surface area contributed by atoms with Crippen LogP contribution in [0.4, 0.5) is 0 Å². The van der Waals surface area contributed by atoms with E-state index >= 15 is 0 Å². The average molecular weight is 349 g/mol. The zero-order chi connectivity index (χ0) is 18.5. The van der Waals surface area contributed by atoms with Gasteiger partial charge in [0.25, 0.3) is 5.91 Å². The highest BCUT2D eigenvalue weighted by Gasteiger charge is 2.11. The van der Waals surface area contributed by atoms with Gasteiger partial charge in [-0.25, -0.2) is 4.79 Å². The predicted molar refractivity (Wildman–Crippen MR) is 92.6 cm³/mol. The van der Waals surface area contributed by atoms with Crippen LogP contribution in [-0.2, 0) is 0 Å². The molecule has 3 N–H and O–H groups in total. The van der Waals surface area contributed by atoms with E-state index in [0.717, 1.165) is 11.0 Å². The molecule has 0 atom stereocenters. The van der Waals surface area contributed by atoms with E-state index in [4.69, 9.17) is 10.6 Å². The minimum absolute atomic E-state index is 0.214. The topological polar surface area (TPSA) is 160 Å². The van der Waals surface area contributed by atoms with Crippen LogP contribution in [0.1, 0.15) is 20.7 Å². The molecule has 0 unspecified atom stereocenters. The highest BCUT2D eigenvalue weighted by Crippen LogP contribution is 2.16. The molecule has 128 valence electrons. The molecule has 4 rings (SSSR count). The standard InChI is InChI=1S/C8H5N5O.C8H6N2O2/c9-13-12-8(14)5-4-11-6-2-1-3-10-7(5)6;11-8(12)5-4-10-6-2-1-3-9-7(5)6/h1-4,11H;1-4,10H,(H,11,12). The summed E-state index contributed by atoms with van der Waals surface area (Å²) in [6.45, 7) is 0. The van der Waals surface area contributed by atoms with Crippen LogP contribution in [0.25, 0.3) is 32.5 Å². The molecule has 4 heterocycles. The molecule has 0 saturated carbocycles. The summed E-state index contributed by atoms with van der Waals surface area (Å²) in [5.41, 5.74) is 11.1. The van der Waals surface area contributed by atoms with Crippen LogP contribution in [0.2, 0.25) is 0 Å². The van der Waals surface area contributed by atoms with E-state index in [9.17, 15) is 9.59 Å². The van der Waals surface area contributed by atoms with Gasteiger partial charge in [0.15, 0.2) is 0 Å². The van der Waals surface area contributed by atoms with Gasteiger partial charge in [0.1, 0.15) is 11.1 Å². The summed E-state index contributed by atoms with van der Waals surface area (Å²) < 4.78 is 0. The number of aromatic carboxylic acids is 1. The van der Waals surface area contributed by atoms with Crippen molar-refractivity contribution in [3.05, 3.63) is 70.6 Å². The second-order valence-corrected chi connectivity index (χ2v) is 5.00. The maximum absolute atomic E-state index is 11.2. The molecule has 0 aliphatic heterocycles. The second-order valence-electron chi connectivity index (χ2n) is 5.00. The monoisotopic (exact) mass is 349 g/mol. The van der Waals surface area contributed by atoms with Gasteiger partial charge in [-0.2, -0.15) is 0 Å². The van der Waals surface area contributed by atoms with Crippen molar-refractivity contribution in [2.24, 2.45) is 5.11 Å². The highest BCUT2D eigenvalue weighted by molar-refractivity contribution is 6.05. The Labute approximate surface area is 145 Å². The van der Waals surface area contributed by atoms with Crippen molar-refractivity contribution in [1.29, 1.82) is 0 Å². The van der Waals surface area contributed by atoms with Gasteiger partial charge in [-0.15, -0.1) is 0 Å². The van der Waals surface area contributed by atoms with Crippen molar-refractivity contribution in [3.8, 4) is 0 Å². The van der Waals surface area contributed by atoms with Crippen LogP contribution in [0.15, 0.2) is 54.2 Å². The number of hydrogen-bond acceptors (Lipinski definition) is 4. The predicted octanol–water partition coefficient (Wildman–Crippen LogP) is 3.27. The van der Waals surface area contributed by atoms with E-state index in [-0.39, 0.29) is 5.56 Å². The number of carbonyl (C=O) groups excluding carboxylic acids is 1. The molecule has 4 aromatic rings. The summed E-state index contributed by atoms with van der Waals surface area (Å²) in [4.78, 5) is 37.9. The number of azide groups is 1. The van der Waals surface area contributed by atoms with Crippen LogP contribution in [0, 0.1) is 0 Å². The Kier molecular flexibility index (Phi) is 4.59. The lowest BCUT2D eigenvalue weighted by Crippen LogP contribution is -1.94. The van der Waals surface area contributed by atoms with Crippen molar-refractivity contribution < 1.29 is 14.7 Å². The third kappa shape index (κ3) is 3.21. The number of pyridine rings is 2. The Morgan fingerprint density at radius 1 is 1.00 bits per heavy atom. The summed E-state index contributed by atoms with van der Waals surface area (Å²) >= 11 is 0. The van der Waals surface area contributed by atoms with E-state index < -0.39 is 11.9 Å². The first-order chi connectivity index (χ1) is 12.6. The van der Waals surface area contributed by atoms with Crippen LogP contribution >= 0.6 is 0 Å². The fourth-order valence-corrected chi connectivity index (χ4v) is 2.33. The lowest BCUT2D eigenvalue weighted by atomic mass is 10.2. The summed E-state index contributed by atoms with van der Waals surface area (Å²) in [7, 11) is 0. The Bertz CT molecular complexity index is 1150. The third-order valence-electron chi connectivity index (χ3n) is 3.47. The SMILES string of the molecule is O=C(O)c1c[nH]c2cccnc12.[N-]=[N+]=NC(=O)c1c[nH]c2cccnc12. The van der Waals surface area contributed by atoms with Crippen molar-refractivity contribution in [2.45, 2.75) is 0 Å². The molecule has 10 heteroatoms. The number of carboxylic acids is 1. The Morgan fingerprint density at radius 2 is 1.54 bits per heavy atom. The smallest absolute Gasteiger partial charge is 0.339 e. The van der Waals surface area contributed by atoms with Crippen molar-refractivity contribution >= 4 is 33.9 Å². The number of hydrogen-bond donors (Lipinski definition) is 3. The average Bonchev–Trinajstić information content (AvgIpc) is 3.27. The molecule has 0 saturated heterocycles. The fourth-order valence-electron chi connectivity index (χ4n) is 2.33. The Hall–Kier alpha value is -4.17. The van der Waals surface area contributed by atoms with Gasteiger partial charge in [0, 0.05) is 29.7 Å². The number of carboxylic acid groups (broad SMARTS) is 1. The summed E-state index contributed by atoms with van der Waals surface area (Å²) in [6.07, 6.45) is 6.07. The summed E-state index contributed by atoms with van der Waals surface area (Å²) in [5.74, 6) is -1.59. The van der Waals surface area contributed by atoms with Crippen LogP contribution < -0.4 is 0 Å². The molecule has 0 spiro atoms. The molecule has 10 nitrogen and oxygen atoms in total. The highest BCUT2D eigenvalue weighted by atomic mass is 16.4. The van der Waals surface area contributed by atoms with E-state index in [1.165, 1.54) is 12.4 Å². The number of nitrogens with one attached hydrogen (secondary N) is 2. The molecule has 26 heavy (non-hydrogen) atoms. The van der Waals surface area contributed by atoms with Crippen LogP contribution in [0.3, 0.4) is 0 Å². The maximum atomic E-state index is 11.2. The molecular weight excluding hydrogens is 338 g/mol. The molecule has 0 radical (unpaired) electrons. The first-order valence-corrected chi connectivity index (χ1v) is 7.28. The largest absolute Gasteiger partial charge is 0.478 e. The minimum atomic E-state index is -0.958. The molecule has 0 aliphatic rings. The molecular formula is C16H11N7O3. The number of amides is 1. The third-order valence-corrected chi connectivity index (χ3v) is 3.47. The number of H-pyrrole nitrogens is 2. The van der Waals surface area contributed by atoms with Gasteiger partial charge >= 0.3 is 5.97 Å². The molecule has 0 fully saturated rings. The lowest BCUT2D eigenvalue weighted by Gasteiger charge is -1.89. The van der Waals surface area contributed by atoms with E-state index in [1.54, 1.807) is 36.7 Å². The minimum Gasteiger partial charge on any atom is -0.478 e. The lowest BCUT2D eigenvalue weighted by molar-refractivity contribution is 0.0698. The zero-order valence-electron chi connectivity index (χ0n) is 13.1. The fraction of sp³-hybridized carbons (Fsp3) is 0. The summed E-state index contributed by atoms with van der Waals surface area (Å²) in [6, 6.07) is 7.08. The first-order valence-electron chi connectivity index (χ1n) is 7.28. The number of aromatic nitrogens is 4. The summed E-state index contributed by atoms with van der Waals surface area (Å²) in [5, 5.41) is 11.7. The van der Waals surface area contributed by atoms with E-state index in [2.05, 4.69) is 30.0 Å². The quantitative estimate of drug-likeness (QED) is 0.287. The number of rotatable bonds is 2. The molecule has 1 amide bonds. The van der Waals surface area contributed by atoms with Gasteiger partial charge in [-0.1, -0.05) is 0 Å². The normalized spacial score (nSPS) is 10.0. The number of aromatic amines is 2. The van der Waals surface area contributed by atoms with Crippen LogP contribution in [-0.4, -0.2) is 36.9 Å². The zero-order valence-corrected chi connectivity index (χ0v) is 13.1. The van der Waals surface area contributed by atoms with E-state index in [1.807, 2.05) is 0 Å². The maximum Gasteiger partial charge on any atom is 0.339 e. The molecule has 0 aliphatic carbocycles.